The highest BCUT2D eigenvalue weighted by atomic mass is 79.9. The minimum absolute atomic E-state index is 0.146. The Kier molecular flexibility index (Phi) is 9.29. The molecule has 7 nitrogen and oxygen atoms in total. The molecule has 0 saturated heterocycles. The van der Waals surface area contributed by atoms with Gasteiger partial charge in [0.25, 0.3) is 0 Å². The highest BCUT2D eigenvalue weighted by Crippen LogP contribution is 2.30. The summed E-state index contributed by atoms with van der Waals surface area (Å²) < 4.78 is 22.4. The lowest BCUT2D eigenvalue weighted by molar-refractivity contribution is -0.138. The summed E-state index contributed by atoms with van der Waals surface area (Å²) in [6.45, 7) is 7.44. The van der Waals surface area contributed by atoms with Gasteiger partial charge in [-0.25, -0.2) is 9.59 Å². The number of nitrogens with zero attached hydrogens (tertiary/aromatic N) is 1. The lowest BCUT2D eigenvalue weighted by Gasteiger charge is -2.14. The molecule has 168 valence electrons. The molecule has 0 spiro atoms. The Morgan fingerprint density at radius 3 is 2.31 bits per heavy atom. The van der Waals surface area contributed by atoms with E-state index in [4.69, 9.17) is 18.9 Å². The summed E-state index contributed by atoms with van der Waals surface area (Å²) >= 11 is 3.43. The highest BCUT2D eigenvalue weighted by Gasteiger charge is 2.15. The molecular weight excluding hydrogens is 478 g/mol. The summed E-state index contributed by atoms with van der Waals surface area (Å²) in [6.07, 6.45) is 1.38. The molecule has 0 N–H and O–H groups in total. The number of nitriles is 1. The lowest BCUT2D eigenvalue weighted by Crippen LogP contribution is -2.19. The average Bonchev–Trinajstić information content (AvgIpc) is 2.73. The molecule has 0 unspecified atom stereocenters. The van der Waals surface area contributed by atoms with Crippen molar-refractivity contribution < 1.29 is 28.5 Å². The summed E-state index contributed by atoms with van der Waals surface area (Å²) in [5, 5.41) is 9.20. The van der Waals surface area contributed by atoms with Crippen LogP contribution in [-0.4, -0.2) is 31.8 Å². The van der Waals surface area contributed by atoms with Gasteiger partial charge in [-0.2, -0.15) is 5.26 Å². The molecule has 0 aromatic heterocycles. The summed E-state index contributed by atoms with van der Waals surface area (Å²) in [6, 6.07) is 10.3. The molecule has 2 aromatic carbocycles. The van der Waals surface area contributed by atoms with Crippen molar-refractivity contribution >= 4 is 33.9 Å². The number of carbonyl (C=O) groups is 2. The maximum Gasteiger partial charge on any atom is 0.349 e. The third-order valence-electron chi connectivity index (χ3n) is 4.18. The van der Waals surface area contributed by atoms with E-state index in [1.165, 1.54) is 12.1 Å². The second-order valence-corrected chi connectivity index (χ2v) is 7.58. The zero-order valence-corrected chi connectivity index (χ0v) is 19.9. The fourth-order valence-corrected chi connectivity index (χ4v) is 3.57. The Morgan fingerprint density at radius 1 is 1.03 bits per heavy atom. The standard InChI is InChI=1S/C24H24BrNO6/c1-5-29-21-12-17(11-18(13-26)24(28)30-6-2)7-8-20(21)32-22(27)14-31-23-15(3)9-19(25)10-16(23)4/h7-12H,5-6,14H2,1-4H3/b18-11+. The highest BCUT2D eigenvalue weighted by molar-refractivity contribution is 9.10. The summed E-state index contributed by atoms with van der Waals surface area (Å²) in [5.41, 5.74) is 2.17. The van der Waals surface area contributed by atoms with Crippen LogP contribution in [0.4, 0.5) is 0 Å². The van der Waals surface area contributed by atoms with Crippen LogP contribution in [0.2, 0.25) is 0 Å². The van der Waals surface area contributed by atoms with E-state index in [2.05, 4.69) is 15.9 Å². The maximum atomic E-state index is 12.4. The van der Waals surface area contributed by atoms with Crippen molar-refractivity contribution in [2.24, 2.45) is 0 Å². The fraction of sp³-hybridized carbons (Fsp3) is 0.292. The van der Waals surface area contributed by atoms with Gasteiger partial charge in [0.05, 0.1) is 13.2 Å². The van der Waals surface area contributed by atoms with E-state index in [0.29, 0.717) is 23.7 Å². The predicted molar refractivity (Wildman–Crippen MR) is 123 cm³/mol. The third kappa shape index (κ3) is 6.86. The molecule has 0 fully saturated rings. The van der Waals surface area contributed by atoms with Crippen LogP contribution in [-0.2, 0) is 14.3 Å². The molecule has 0 amide bonds. The normalized spacial score (nSPS) is 10.8. The molecule has 8 heteroatoms. The molecule has 0 aliphatic carbocycles. The van der Waals surface area contributed by atoms with Crippen molar-refractivity contribution in [3.05, 3.63) is 57.1 Å². The van der Waals surface area contributed by atoms with Gasteiger partial charge in [-0.1, -0.05) is 22.0 Å². The first-order valence-electron chi connectivity index (χ1n) is 9.95. The Morgan fingerprint density at radius 2 is 1.72 bits per heavy atom. The van der Waals surface area contributed by atoms with Crippen molar-refractivity contribution in [1.29, 1.82) is 5.26 Å². The Balaban J connectivity index is 2.16. The van der Waals surface area contributed by atoms with Crippen LogP contribution in [0.1, 0.15) is 30.5 Å². The molecule has 0 aliphatic heterocycles. The summed E-state index contributed by atoms with van der Waals surface area (Å²) in [7, 11) is 0. The lowest BCUT2D eigenvalue weighted by atomic mass is 10.1. The van der Waals surface area contributed by atoms with Crippen molar-refractivity contribution in [3.63, 3.8) is 0 Å². The van der Waals surface area contributed by atoms with E-state index in [0.717, 1.165) is 15.6 Å². The zero-order chi connectivity index (χ0) is 23.7. The van der Waals surface area contributed by atoms with Crippen molar-refractivity contribution in [1.82, 2.24) is 0 Å². The Hall–Kier alpha value is -3.31. The van der Waals surface area contributed by atoms with Crippen LogP contribution >= 0.6 is 15.9 Å². The molecule has 32 heavy (non-hydrogen) atoms. The SMILES string of the molecule is CCOC(=O)/C(C#N)=C/c1ccc(OC(=O)COc2c(C)cc(Br)cc2C)c(OCC)c1. The first kappa shape index (κ1) is 25.0. The number of ether oxygens (including phenoxy) is 4. The fourth-order valence-electron chi connectivity index (χ4n) is 2.89. The number of halogens is 1. The van der Waals surface area contributed by atoms with Crippen LogP contribution in [0, 0.1) is 25.2 Å². The number of benzene rings is 2. The monoisotopic (exact) mass is 501 g/mol. The van der Waals surface area contributed by atoms with E-state index in [9.17, 15) is 14.9 Å². The Bertz CT molecular complexity index is 1050. The number of hydrogen-bond donors (Lipinski definition) is 0. The first-order valence-corrected chi connectivity index (χ1v) is 10.7. The third-order valence-corrected chi connectivity index (χ3v) is 4.64. The molecule has 0 saturated carbocycles. The number of carbonyl (C=O) groups excluding carboxylic acids is 2. The van der Waals surface area contributed by atoms with Crippen LogP contribution < -0.4 is 14.2 Å². The van der Waals surface area contributed by atoms with Gasteiger partial charge in [-0.3, -0.25) is 0 Å². The average molecular weight is 502 g/mol. The van der Waals surface area contributed by atoms with Gasteiger partial charge < -0.3 is 18.9 Å². The minimum Gasteiger partial charge on any atom is -0.490 e. The van der Waals surface area contributed by atoms with Crippen LogP contribution in [0.25, 0.3) is 6.08 Å². The molecule has 2 rings (SSSR count). The van der Waals surface area contributed by atoms with E-state index in [1.807, 2.05) is 32.0 Å². The quantitative estimate of drug-likeness (QED) is 0.208. The molecule has 0 heterocycles. The second-order valence-electron chi connectivity index (χ2n) is 6.66. The number of hydrogen-bond acceptors (Lipinski definition) is 7. The number of rotatable bonds is 9. The van der Waals surface area contributed by atoms with Crippen LogP contribution in [0.15, 0.2) is 40.4 Å². The molecule has 0 bridgehead atoms. The second kappa shape index (κ2) is 11.9. The van der Waals surface area contributed by atoms with E-state index in [1.54, 1.807) is 26.0 Å². The smallest absolute Gasteiger partial charge is 0.349 e. The van der Waals surface area contributed by atoms with Crippen molar-refractivity contribution in [2.45, 2.75) is 27.7 Å². The van der Waals surface area contributed by atoms with Gasteiger partial charge in [0.1, 0.15) is 17.4 Å². The maximum absolute atomic E-state index is 12.4. The number of aryl methyl sites for hydroxylation is 2. The van der Waals surface area contributed by atoms with Crippen LogP contribution in [0.3, 0.4) is 0 Å². The van der Waals surface area contributed by atoms with Gasteiger partial charge in [0.15, 0.2) is 18.1 Å². The first-order chi connectivity index (χ1) is 15.3. The van der Waals surface area contributed by atoms with Gasteiger partial charge >= 0.3 is 11.9 Å². The topological polar surface area (TPSA) is 94.9 Å². The van der Waals surface area contributed by atoms with E-state index in [-0.39, 0.29) is 24.5 Å². The largest absolute Gasteiger partial charge is 0.490 e. The Labute approximate surface area is 195 Å². The zero-order valence-electron chi connectivity index (χ0n) is 18.4. The van der Waals surface area contributed by atoms with E-state index >= 15 is 0 Å². The predicted octanol–water partition coefficient (Wildman–Crippen LogP) is 4.92. The van der Waals surface area contributed by atoms with Gasteiger partial charge in [0, 0.05) is 4.47 Å². The summed E-state index contributed by atoms with van der Waals surface area (Å²) in [4.78, 5) is 24.2. The minimum atomic E-state index is -0.709. The van der Waals surface area contributed by atoms with Gasteiger partial charge in [0.2, 0.25) is 0 Å². The van der Waals surface area contributed by atoms with Crippen molar-refractivity contribution in [2.75, 3.05) is 19.8 Å². The van der Waals surface area contributed by atoms with Gasteiger partial charge in [-0.05, 0) is 74.7 Å². The van der Waals surface area contributed by atoms with Crippen LogP contribution in [0.5, 0.6) is 17.2 Å². The summed E-state index contributed by atoms with van der Waals surface area (Å²) in [5.74, 6) is -0.179. The van der Waals surface area contributed by atoms with E-state index < -0.39 is 11.9 Å². The van der Waals surface area contributed by atoms with Crippen molar-refractivity contribution in [3.8, 4) is 23.3 Å². The van der Waals surface area contributed by atoms with Gasteiger partial charge in [-0.15, -0.1) is 0 Å². The molecule has 0 aliphatic rings. The molecule has 0 radical (unpaired) electrons. The molecule has 0 atom stereocenters. The number of esters is 2. The molecule has 2 aromatic rings. The molecular formula is C24H24BrNO6.